The highest BCUT2D eigenvalue weighted by Crippen LogP contribution is 2.70. The fourth-order valence-corrected chi connectivity index (χ4v) is 3.94. The van der Waals surface area contributed by atoms with Crippen molar-refractivity contribution in [3.8, 4) is 0 Å². The van der Waals surface area contributed by atoms with E-state index in [1.165, 1.54) is 20.8 Å². The second-order valence-electron chi connectivity index (χ2n) is 6.86. The topological polar surface area (TPSA) is 63.6 Å². The number of hydrogen-bond donors (Lipinski definition) is 1. The SMILES string of the molecule is COCc1c(F)c(F)c(CC2(C(=O)O)C(C(C)=O)C2(C)C)c(F)c1F. The van der Waals surface area contributed by atoms with Crippen LogP contribution in [0, 0.1) is 40.0 Å². The van der Waals surface area contributed by atoms with Gasteiger partial charge in [0.05, 0.1) is 17.6 Å². The Labute approximate surface area is 141 Å². The molecule has 25 heavy (non-hydrogen) atoms. The number of aliphatic carboxylic acids is 1. The Morgan fingerprint density at radius 2 is 1.48 bits per heavy atom. The Morgan fingerprint density at radius 3 is 1.80 bits per heavy atom. The molecular formula is C17H18F4O4. The summed E-state index contributed by atoms with van der Waals surface area (Å²) >= 11 is 0. The second-order valence-corrected chi connectivity index (χ2v) is 6.86. The summed E-state index contributed by atoms with van der Waals surface area (Å²) in [5, 5.41) is 9.57. The predicted octanol–water partition coefficient (Wildman–Crippen LogP) is 3.25. The van der Waals surface area contributed by atoms with Gasteiger partial charge in [-0.25, -0.2) is 17.6 Å². The van der Waals surface area contributed by atoms with Crippen molar-refractivity contribution in [2.24, 2.45) is 16.7 Å². The average Bonchev–Trinajstić information content (AvgIpc) is 3.03. The van der Waals surface area contributed by atoms with Crippen LogP contribution in [-0.4, -0.2) is 24.0 Å². The number of ether oxygens (including phenoxy) is 1. The number of carboxylic acids is 1. The number of halogens is 4. The molecule has 138 valence electrons. The van der Waals surface area contributed by atoms with Gasteiger partial charge in [0.2, 0.25) is 0 Å². The van der Waals surface area contributed by atoms with Gasteiger partial charge < -0.3 is 9.84 Å². The van der Waals surface area contributed by atoms with Crippen molar-refractivity contribution >= 4 is 11.8 Å². The van der Waals surface area contributed by atoms with Crippen LogP contribution in [0.4, 0.5) is 17.6 Å². The van der Waals surface area contributed by atoms with Crippen LogP contribution < -0.4 is 0 Å². The largest absolute Gasteiger partial charge is 0.481 e. The zero-order valence-corrected chi connectivity index (χ0v) is 14.2. The number of carboxylic acid groups (broad SMARTS) is 1. The van der Waals surface area contributed by atoms with Gasteiger partial charge in [0.15, 0.2) is 23.3 Å². The van der Waals surface area contributed by atoms with E-state index >= 15 is 0 Å². The number of Topliss-reactive ketones (excluding diaryl/α,β-unsaturated/α-hetero) is 1. The van der Waals surface area contributed by atoms with Gasteiger partial charge in [-0.3, -0.25) is 9.59 Å². The highest BCUT2D eigenvalue weighted by molar-refractivity contribution is 5.95. The van der Waals surface area contributed by atoms with Gasteiger partial charge in [0, 0.05) is 18.6 Å². The van der Waals surface area contributed by atoms with E-state index in [2.05, 4.69) is 4.74 Å². The molecule has 1 N–H and O–H groups in total. The van der Waals surface area contributed by atoms with E-state index in [9.17, 15) is 32.3 Å². The molecule has 2 rings (SSSR count). The molecule has 1 saturated carbocycles. The fraction of sp³-hybridized carbons (Fsp3) is 0.529. The quantitative estimate of drug-likeness (QED) is 0.623. The first-order valence-corrected chi connectivity index (χ1v) is 7.51. The maximum Gasteiger partial charge on any atom is 0.311 e. The Hall–Kier alpha value is -1.96. The molecule has 0 heterocycles. The highest BCUT2D eigenvalue weighted by atomic mass is 19.2. The molecule has 1 aromatic rings. The summed E-state index contributed by atoms with van der Waals surface area (Å²) < 4.78 is 61.3. The van der Waals surface area contributed by atoms with Crippen molar-refractivity contribution in [3.05, 3.63) is 34.4 Å². The smallest absolute Gasteiger partial charge is 0.311 e. The lowest BCUT2D eigenvalue weighted by Gasteiger charge is -2.18. The first kappa shape index (κ1) is 19.4. The molecule has 0 aliphatic heterocycles. The number of benzene rings is 1. The van der Waals surface area contributed by atoms with Crippen LogP contribution in [-0.2, 0) is 27.4 Å². The zero-order chi connectivity index (χ0) is 19.3. The molecule has 0 radical (unpaired) electrons. The first-order chi connectivity index (χ1) is 11.4. The number of ketones is 1. The van der Waals surface area contributed by atoms with Crippen molar-refractivity contribution in [1.29, 1.82) is 0 Å². The first-order valence-electron chi connectivity index (χ1n) is 7.51. The molecule has 2 atom stereocenters. The van der Waals surface area contributed by atoms with Crippen molar-refractivity contribution in [2.45, 2.75) is 33.8 Å². The summed E-state index contributed by atoms with van der Waals surface area (Å²) in [7, 11) is 1.10. The summed E-state index contributed by atoms with van der Waals surface area (Å²) in [5.74, 6) is -9.53. The summed E-state index contributed by atoms with van der Waals surface area (Å²) in [5.41, 5.74) is -4.87. The van der Waals surface area contributed by atoms with Gasteiger partial charge in [-0.1, -0.05) is 13.8 Å². The highest BCUT2D eigenvalue weighted by Gasteiger charge is 2.77. The van der Waals surface area contributed by atoms with Gasteiger partial charge in [0.25, 0.3) is 0 Å². The molecule has 2 unspecified atom stereocenters. The summed E-state index contributed by atoms with van der Waals surface area (Å²) in [6.45, 7) is 3.42. The molecule has 0 amide bonds. The third kappa shape index (κ3) is 2.54. The molecule has 0 saturated heterocycles. The molecule has 1 aromatic carbocycles. The Kier molecular flexibility index (Phi) is 4.71. The van der Waals surface area contributed by atoms with Gasteiger partial charge in [0.1, 0.15) is 5.78 Å². The molecular weight excluding hydrogens is 344 g/mol. The molecule has 1 aliphatic carbocycles. The average molecular weight is 362 g/mol. The van der Waals surface area contributed by atoms with Crippen LogP contribution >= 0.6 is 0 Å². The van der Waals surface area contributed by atoms with Crippen molar-refractivity contribution in [3.63, 3.8) is 0 Å². The van der Waals surface area contributed by atoms with Crippen LogP contribution in [0.15, 0.2) is 0 Å². The summed E-state index contributed by atoms with van der Waals surface area (Å²) in [6, 6.07) is 0. The number of hydrogen-bond acceptors (Lipinski definition) is 3. The number of carbonyl (C=O) groups excluding carboxylic acids is 1. The van der Waals surface area contributed by atoms with Gasteiger partial charge in [-0.15, -0.1) is 0 Å². The standard InChI is InChI=1S/C17H18F4O4/c1-7(22)14-16(2,3)17(14,15(23)24)5-8-10(18)12(20)9(6-25-4)13(21)11(8)19/h14H,5-6H2,1-4H3,(H,23,24). The zero-order valence-electron chi connectivity index (χ0n) is 14.2. The predicted molar refractivity (Wildman–Crippen MR) is 78.7 cm³/mol. The second kappa shape index (κ2) is 6.09. The van der Waals surface area contributed by atoms with E-state index < -0.39 is 75.9 Å². The van der Waals surface area contributed by atoms with Crippen LogP contribution in [0.1, 0.15) is 31.9 Å². The fourth-order valence-electron chi connectivity index (χ4n) is 3.94. The minimum absolute atomic E-state index is 0.467. The number of carbonyl (C=O) groups is 2. The van der Waals surface area contributed by atoms with Crippen molar-refractivity contribution in [1.82, 2.24) is 0 Å². The maximum absolute atomic E-state index is 14.3. The van der Waals surface area contributed by atoms with E-state index in [0.29, 0.717) is 0 Å². The number of methoxy groups -OCH3 is 1. The lowest BCUT2D eigenvalue weighted by Crippen LogP contribution is -2.27. The van der Waals surface area contributed by atoms with Gasteiger partial charge in [-0.05, 0) is 18.8 Å². The third-order valence-corrected chi connectivity index (χ3v) is 5.26. The third-order valence-electron chi connectivity index (χ3n) is 5.26. The van der Waals surface area contributed by atoms with Crippen LogP contribution in [0.5, 0.6) is 0 Å². The molecule has 0 bridgehead atoms. The molecule has 0 aromatic heterocycles. The van der Waals surface area contributed by atoms with E-state index in [1.807, 2.05) is 0 Å². The van der Waals surface area contributed by atoms with Crippen LogP contribution in [0.2, 0.25) is 0 Å². The van der Waals surface area contributed by atoms with Crippen LogP contribution in [0.25, 0.3) is 0 Å². The molecule has 1 fully saturated rings. The molecule has 8 heteroatoms. The normalized spacial score (nSPS) is 24.2. The summed E-state index contributed by atoms with van der Waals surface area (Å²) in [6.07, 6.45) is -0.835. The minimum Gasteiger partial charge on any atom is -0.481 e. The minimum atomic E-state index is -1.83. The lowest BCUT2D eigenvalue weighted by atomic mass is 9.87. The monoisotopic (exact) mass is 362 g/mol. The molecule has 1 aliphatic rings. The molecule has 4 nitrogen and oxygen atoms in total. The maximum atomic E-state index is 14.3. The lowest BCUT2D eigenvalue weighted by molar-refractivity contribution is -0.146. The van der Waals surface area contributed by atoms with E-state index in [-0.39, 0.29) is 0 Å². The van der Waals surface area contributed by atoms with E-state index in [1.54, 1.807) is 0 Å². The molecule has 0 spiro atoms. The van der Waals surface area contributed by atoms with Crippen molar-refractivity contribution in [2.75, 3.05) is 7.11 Å². The van der Waals surface area contributed by atoms with Crippen LogP contribution in [0.3, 0.4) is 0 Å². The van der Waals surface area contributed by atoms with E-state index in [4.69, 9.17) is 0 Å². The Bertz CT molecular complexity index is 731. The summed E-state index contributed by atoms with van der Waals surface area (Å²) in [4.78, 5) is 23.5. The van der Waals surface area contributed by atoms with E-state index in [0.717, 1.165) is 7.11 Å². The Morgan fingerprint density at radius 1 is 1.04 bits per heavy atom. The van der Waals surface area contributed by atoms with Crippen molar-refractivity contribution < 1.29 is 37.0 Å². The Balaban J connectivity index is 2.61. The number of rotatable bonds is 6. The van der Waals surface area contributed by atoms with Gasteiger partial charge in [-0.2, -0.15) is 0 Å². The van der Waals surface area contributed by atoms with Gasteiger partial charge >= 0.3 is 5.97 Å².